The highest BCUT2D eigenvalue weighted by molar-refractivity contribution is 6.16. The molecule has 4 rings (SSSR count). The lowest BCUT2D eigenvalue weighted by Gasteiger charge is -2.49. The first-order valence-corrected chi connectivity index (χ1v) is 13.1. The molecule has 0 bridgehead atoms. The highest BCUT2D eigenvalue weighted by Crippen LogP contribution is 2.52. The van der Waals surface area contributed by atoms with Crippen LogP contribution in [-0.4, -0.2) is 34.0 Å². The Kier molecular flexibility index (Phi) is 6.97. The molecule has 37 heavy (non-hydrogen) atoms. The highest BCUT2D eigenvalue weighted by Gasteiger charge is 2.52. The molecule has 1 atom stereocenters. The molecule has 0 saturated heterocycles. The van der Waals surface area contributed by atoms with Gasteiger partial charge in [-0.3, -0.25) is 14.5 Å². The third-order valence-corrected chi connectivity index (χ3v) is 7.62. The van der Waals surface area contributed by atoms with Crippen molar-refractivity contribution in [1.82, 2.24) is 0 Å². The number of anilines is 2. The average Bonchev–Trinajstić information content (AvgIpc) is 2.81. The monoisotopic (exact) mass is 506 g/mol. The van der Waals surface area contributed by atoms with E-state index in [2.05, 4.69) is 5.32 Å². The molecule has 7 heteroatoms. The largest absolute Gasteiger partial charge is 0.479 e. The molecule has 0 radical (unpaired) electrons. The standard InChI is InChI=1S/C30H38N2O5/c1-17-11-13-21(14-12-17)22-19(3)25-24(18(2)23(22)26(27(34)35)37-29(5,6)7)31-28(36)30(32(25)20(4)33)15-9-8-10-16-30/h11-14,26H,8-10,15-16H2,1-7H3,(H,31,36)(H,34,35)/t26-/m0/s1. The van der Waals surface area contributed by atoms with Crippen LogP contribution in [0.5, 0.6) is 0 Å². The zero-order valence-corrected chi connectivity index (χ0v) is 22.9. The second-order valence-electron chi connectivity index (χ2n) is 11.5. The molecule has 7 nitrogen and oxygen atoms in total. The summed E-state index contributed by atoms with van der Waals surface area (Å²) < 4.78 is 6.12. The number of amides is 2. The SMILES string of the molecule is CC(=O)N1c2c(C)c(-c3ccc(C)cc3)c([C@H](OC(C)(C)C)C(=O)O)c(C)c2NC(=O)C12CCCCC2. The van der Waals surface area contributed by atoms with Crippen molar-refractivity contribution >= 4 is 29.2 Å². The minimum atomic E-state index is -1.27. The van der Waals surface area contributed by atoms with E-state index >= 15 is 0 Å². The number of nitrogens with one attached hydrogen (secondary N) is 1. The van der Waals surface area contributed by atoms with Crippen LogP contribution in [0, 0.1) is 20.8 Å². The zero-order chi connectivity index (χ0) is 27.3. The quantitative estimate of drug-likeness (QED) is 0.513. The lowest BCUT2D eigenvalue weighted by Crippen LogP contribution is -2.62. The molecule has 2 N–H and O–H groups in total. The Morgan fingerprint density at radius 3 is 2.14 bits per heavy atom. The Labute approximate surface area is 219 Å². The Bertz CT molecular complexity index is 1250. The van der Waals surface area contributed by atoms with Crippen LogP contribution < -0.4 is 10.2 Å². The molecular formula is C30H38N2O5. The van der Waals surface area contributed by atoms with E-state index in [4.69, 9.17) is 4.74 Å². The first-order chi connectivity index (χ1) is 17.3. The van der Waals surface area contributed by atoms with Crippen LogP contribution >= 0.6 is 0 Å². The van der Waals surface area contributed by atoms with Gasteiger partial charge in [0.25, 0.3) is 5.91 Å². The minimum Gasteiger partial charge on any atom is -0.479 e. The fourth-order valence-electron chi connectivity index (χ4n) is 6.04. The van der Waals surface area contributed by atoms with Gasteiger partial charge in [0.2, 0.25) is 5.91 Å². The van der Waals surface area contributed by atoms with E-state index in [0.29, 0.717) is 35.3 Å². The number of benzene rings is 2. The van der Waals surface area contributed by atoms with Crippen molar-refractivity contribution < 1.29 is 24.2 Å². The molecule has 1 saturated carbocycles. The lowest BCUT2D eigenvalue weighted by atomic mass is 9.75. The molecule has 2 aromatic carbocycles. The van der Waals surface area contributed by atoms with Gasteiger partial charge in [0.1, 0.15) is 5.54 Å². The topological polar surface area (TPSA) is 95.9 Å². The molecule has 2 aromatic rings. The molecule has 1 aliphatic heterocycles. The molecule has 1 heterocycles. The predicted molar refractivity (Wildman–Crippen MR) is 145 cm³/mol. The van der Waals surface area contributed by atoms with Crippen LogP contribution in [0.3, 0.4) is 0 Å². The second-order valence-corrected chi connectivity index (χ2v) is 11.5. The Hall–Kier alpha value is -3.19. The number of fused-ring (bicyclic) bond motifs is 1. The van der Waals surface area contributed by atoms with Gasteiger partial charge in [-0.25, -0.2) is 4.79 Å². The number of hydrogen-bond donors (Lipinski definition) is 2. The molecule has 0 unspecified atom stereocenters. The Balaban J connectivity index is 2.10. The van der Waals surface area contributed by atoms with Crippen LogP contribution in [0.25, 0.3) is 11.1 Å². The van der Waals surface area contributed by atoms with Gasteiger partial charge >= 0.3 is 5.97 Å². The van der Waals surface area contributed by atoms with Gasteiger partial charge in [-0.2, -0.15) is 0 Å². The van der Waals surface area contributed by atoms with Gasteiger partial charge < -0.3 is 15.2 Å². The maximum absolute atomic E-state index is 13.7. The fraction of sp³-hybridized carbons (Fsp3) is 0.500. The lowest BCUT2D eigenvalue weighted by molar-refractivity contribution is -0.160. The van der Waals surface area contributed by atoms with E-state index in [1.165, 1.54) is 6.92 Å². The number of hydrogen-bond acceptors (Lipinski definition) is 4. The number of rotatable bonds is 4. The van der Waals surface area contributed by atoms with Gasteiger partial charge in [-0.1, -0.05) is 49.1 Å². The van der Waals surface area contributed by atoms with Crippen molar-refractivity contribution in [2.24, 2.45) is 0 Å². The smallest absolute Gasteiger partial charge is 0.337 e. The van der Waals surface area contributed by atoms with Crippen LogP contribution in [0.1, 0.15) is 88.2 Å². The minimum absolute atomic E-state index is 0.191. The van der Waals surface area contributed by atoms with Crippen molar-refractivity contribution in [3.63, 3.8) is 0 Å². The number of aliphatic carboxylic acids is 1. The van der Waals surface area contributed by atoms with Gasteiger partial charge in [-0.05, 0) is 76.6 Å². The zero-order valence-electron chi connectivity index (χ0n) is 22.9. The van der Waals surface area contributed by atoms with E-state index in [9.17, 15) is 19.5 Å². The van der Waals surface area contributed by atoms with E-state index in [-0.39, 0.29) is 11.8 Å². The summed E-state index contributed by atoms with van der Waals surface area (Å²) in [5, 5.41) is 13.5. The van der Waals surface area contributed by atoms with Crippen LogP contribution in [0.4, 0.5) is 11.4 Å². The van der Waals surface area contributed by atoms with Crippen LogP contribution in [0.2, 0.25) is 0 Å². The fourth-order valence-corrected chi connectivity index (χ4v) is 6.04. The molecule has 198 valence electrons. The molecule has 1 fully saturated rings. The Morgan fingerprint density at radius 2 is 1.62 bits per heavy atom. The van der Waals surface area contributed by atoms with Crippen molar-refractivity contribution in [2.75, 3.05) is 10.2 Å². The van der Waals surface area contributed by atoms with E-state index in [1.807, 2.05) is 65.8 Å². The van der Waals surface area contributed by atoms with Gasteiger partial charge in [0.05, 0.1) is 17.0 Å². The molecular weight excluding hydrogens is 468 g/mol. The Morgan fingerprint density at radius 1 is 1.03 bits per heavy atom. The number of aryl methyl sites for hydroxylation is 1. The number of ether oxygens (including phenoxy) is 1. The van der Waals surface area contributed by atoms with E-state index in [1.54, 1.807) is 4.90 Å². The van der Waals surface area contributed by atoms with Crippen molar-refractivity contribution in [3.05, 3.63) is 46.5 Å². The number of carboxylic acids is 1. The average molecular weight is 507 g/mol. The highest BCUT2D eigenvalue weighted by atomic mass is 16.5. The summed E-state index contributed by atoms with van der Waals surface area (Å²) in [4.78, 5) is 41.3. The summed E-state index contributed by atoms with van der Waals surface area (Å²) in [6.07, 6.45) is 2.70. The van der Waals surface area contributed by atoms with Gasteiger partial charge in [0, 0.05) is 12.5 Å². The summed E-state index contributed by atoms with van der Waals surface area (Å²) in [6, 6.07) is 7.92. The number of carbonyl (C=O) groups is 3. The van der Waals surface area contributed by atoms with Gasteiger partial charge in [0.15, 0.2) is 6.10 Å². The van der Waals surface area contributed by atoms with Crippen molar-refractivity contribution in [1.29, 1.82) is 0 Å². The van der Waals surface area contributed by atoms with Crippen molar-refractivity contribution in [2.45, 2.75) is 97.8 Å². The first kappa shape index (κ1) is 26.9. The summed E-state index contributed by atoms with van der Waals surface area (Å²) in [5.41, 5.74) is 3.96. The third-order valence-electron chi connectivity index (χ3n) is 7.62. The summed E-state index contributed by atoms with van der Waals surface area (Å²) in [7, 11) is 0. The number of carbonyl (C=O) groups excluding carboxylic acids is 2. The van der Waals surface area contributed by atoms with Crippen LogP contribution in [0.15, 0.2) is 24.3 Å². The second kappa shape index (κ2) is 9.60. The third kappa shape index (κ3) is 4.65. The first-order valence-electron chi connectivity index (χ1n) is 13.1. The predicted octanol–water partition coefficient (Wildman–Crippen LogP) is 6.23. The summed E-state index contributed by atoms with van der Waals surface area (Å²) in [6.45, 7) is 12.7. The maximum atomic E-state index is 13.7. The molecule has 2 amide bonds. The summed E-state index contributed by atoms with van der Waals surface area (Å²) in [5.74, 6) is -1.50. The molecule has 1 spiro atoms. The van der Waals surface area contributed by atoms with E-state index < -0.39 is 23.2 Å². The molecule has 0 aromatic heterocycles. The van der Waals surface area contributed by atoms with Crippen molar-refractivity contribution in [3.8, 4) is 11.1 Å². The van der Waals surface area contributed by atoms with Crippen LogP contribution in [-0.2, 0) is 19.1 Å². The van der Waals surface area contributed by atoms with Gasteiger partial charge in [-0.15, -0.1) is 0 Å². The number of nitrogens with zero attached hydrogens (tertiary/aromatic N) is 1. The normalized spacial score (nSPS) is 17.8. The molecule has 2 aliphatic rings. The van der Waals surface area contributed by atoms with E-state index in [0.717, 1.165) is 41.5 Å². The summed E-state index contributed by atoms with van der Waals surface area (Å²) >= 11 is 0. The number of carboxylic acid groups (broad SMARTS) is 1. The maximum Gasteiger partial charge on any atom is 0.337 e. The molecule has 1 aliphatic carbocycles.